The Morgan fingerprint density at radius 3 is 2.81 bits per heavy atom. The molecule has 1 fully saturated rings. The number of nitrogens with zero attached hydrogens (tertiary/aromatic N) is 1. The number of methoxy groups -OCH3 is 1. The smallest absolute Gasteiger partial charge is 0.339 e. The van der Waals surface area contributed by atoms with E-state index in [1.807, 2.05) is 6.07 Å². The van der Waals surface area contributed by atoms with E-state index < -0.39 is 5.97 Å². The Bertz CT molecular complexity index is 1060. The molecule has 7 heteroatoms. The lowest BCUT2D eigenvalue weighted by atomic mass is 9.69. The third-order valence-electron chi connectivity index (χ3n) is 7.30. The van der Waals surface area contributed by atoms with Gasteiger partial charge in [-0.25, -0.2) is 4.79 Å². The van der Waals surface area contributed by atoms with Gasteiger partial charge >= 0.3 is 5.97 Å². The maximum atomic E-state index is 12.9. The molecule has 164 valence electrons. The van der Waals surface area contributed by atoms with E-state index in [0.29, 0.717) is 22.0 Å². The van der Waals surface area contributed by atoms with Crippen LogP contribution < -0.4 is 9.47 Å². The van der Waals surface area contributed by atoms with Gasteiger partial charge in [-0.15, -0.1) is 0 Å². The minimum atomic E-state index is -0.424. The minimum absolute atomic E-state index is 0.0578. The Morgan fingerprint density at radius 1 is 1.26 bits per heavy atom. The number of ether oxygens (including phenoxy) is 3. The molecule has 4 atom stereocenters. The van der Waals surface area contributed by atoms with E-state index in [9.17, 15) is 4.79 Å². The fraction of sp³-hybridized carbons (Fsp3) is 0.458. The van der Waals surface area contributed by atoms with Gasteiger partial charge in [0.1, 0.15) is 12.2 Å². The van der Waals surface area contributed by atoms with Crippen LogP contribution in [0, 0.1) is 5.92 Å². The maximum Gasteiger partial charge on any atom is 0.339 e. The van der Waals surface area contributed by atoms with Crippen LogP contribution in [0.3, 0.4) is 0 Å². The predicted molar refractivity (Wildman–Crippen MR) is 119 cm³/mol. The number of rotatable bonds is 3. The van der Waals surface area contributed by atoms with Crippen molar-refractivity contribution in [3.8, 4) is 11.5 Å². The van der Waals surface area contributed by atoms with Gasteiger partial charge in [0.15, 0.2) is 11.5 Å². The van der Waals surface area contributed by atoms with E-state index >= 15 is 0 Å². The van der Waals surface area contributed by atoms with Gasteiger partial charge in [0, 0.05) is 34.9 Å². The molecule has 5 nitrogen and oxygen atoms in total. The summed E-state index contributed by atoms with van der Waals surface area (Å²) in [7, 11) is 3.82. The lowest BCUT2D eigenvalue weighted by Gasteiger charge is -2.34. The normalized spacial score (nSPS) is 29.0. The highest BCUT2D eigenvalue weighted by Gasteiger charge is 2.62. The number of hydrogen-bond donors (Lipinski definition) is 0. The molecule has 1 spiro atoms. The van der Waals surface area contributed by atoms with Crippen LogP contribution in [-0.4, -0.2) is 43.8 Å². The average molecular weight is 462 g/mol. The minimum Gasteiger partial charge on any atom is -0.493 e. The lowest BCUT2D eigenvalue weighted by molar-refractivity contribution is 0.0174. The van der Waals surface area contributed by atoms with Crippen LogP contribution in [0.1, 0.15) is 41.3 Å². The average Bonchev–Trinajstić information content (AvgIpc) is 3.12. The van der Waals surface area contributed by atoms with Crippen molar-refractivity contribution in [1.82, 2.24) is 4.90 Å². The molecule has 2 unspecified atom stereocenters. The molecule has 0 aromatic heterocycles. The predicted octanol–water partition coefficient (Wildman–Crippen LogP) is 5.10. The zero-order valence-electron chi connectivity index (χ0n) is 17.8. The highest BCUT2D eigenvalue weighted by atomic mass is 35.5. The first kappa shape index (κ1) is 20.9. The molecule has 0 bridgehead atoms. The third kappa shape index (κ3) is 3.12. The molecule has 5 rings (SSSR count). The molecular weight excluding hydrogens is 437 g/mol. The van der Waals surface area contributed by atoms with Crippen molar-refractivity contribution >= 4 is 29.2 Å². The fourth-order valence-corrected chi connectivity index (χ4v) is 6.21. The Balaban J connectivity index is 1.50. The number of esters is 1. The van der Waals surface area contributed by atoms with Crippen LogP contribution in [0.4, 0.5) is 0 Å². The third-order valence-corrected chi connectivity index (χ3v) is 7.85. The molecule has 1 saturated carbocycles. The van der Waals surface area contributed by atoms with Crippen LogP contribution in [-0.2, 0) is 16.7 Å². The maximum absolute atomic E-state index is 12.9. The Hall–Kier alpha value is -1.95. The number of carbonyl (C=O) groups is 1. The summed E-state index contributed by atoms with van der Waals surface area (Å²) in [5.41, 5.74) is 2.62. The molecule has 0 saturated heterocycles. The summed E-state index contributed by atoms with van der Waals surface area (Å²) in [6.07, 6.45) is 1.26. The molecule has 2 aromatic rings. The van der Waals surface area contributed by atoms with Crippen LogP contribution in [0.5, 0.6) is 11.5 Å². The molecule has 0 amide bonds. The van der Waals surface area contributed by atoms with Gasteiger partial charge in [-0.3, -0.25) is 0 Å². The Kier molecular flexibility index (Phi) is 5.11. The Labute approximate surface area is 192 Å². The number of carbonyl (C=O) groups excluding carboxylic acids is 1. The van der Waals surface area contributed by atoms with Gasteiger partial charge in [0.2, 0.25) is 0 Å². The number of halogens is 2. The van der Waals surface area contributed by atoms with Crippen LogP contribution in [0.2, 0.25) is 10.0 Å². The summed E-state index contributed by atoms with van der Waals surface area (Å²) in [4.78, 5) is 15.3. The van der Waals surface area contributed by atoms with Crippen LogP contribution >= 0.6 is 23.2 Å². The van der Waals surface area contributed by atoms with E-state index in [1.165, 1.54) is 11.1 Å². The summed E-state index contributed by atoms with van der Waals surface area (Å²) < 4.78 is 18.1. The van der Waals surface area contributed by atoms with Gasteiger partial charge in [0.25, 0.3) is 0 Å². The molecular formula is C24H25Cl2NO4. The first-order valence-corrected chi connectivity index (χ1v) is 11.3. The molecule has 31 heavy (non-hydrogen) atoms. The largest absolute Gasteiger partial charge is 0.493 e. The molecule has 0 N–H and O–H groups in total. The summed E-state index contributed by atoms with van der Waals surface area (Å²) in [5.74, 6) is 1.29. The fourth-order valence-electron chi connectivity index (χ4n) is 5.72. The highest BCUT2D eigenvalue weighted by Crippen LogP contribution is 2.61. The van der Waals surface area contributed by atoms with Gasteiger partial charge in [0.05, 0.1) is 17.7 Å². The van der Waals surface area contributed by atoms with Gasteiger partial charge in [-0.05, 0) is 49.8 Å². The molecule has 3 aliphatic rings. The van der Waals surface area contributed by atoms with Crippen molar-refractivity contribution in [1.29, 1.82) is 0 Å². The second-order valence-electron chi connectivity index (χ2n) is 8.86. The summed E-state index contributed by atoms with van der Waals surface area (Å²) in [6.45, 7) is 3.99. The van der Waals surface area contributed by atoms with Gasteiger partial charge in [-0.2, -0.15) is 0 Å². The van der Waals surface area contributed by atoms with Crippen molar-refractivity contribution in [3.05, 3.63) is 57.1 Å². The SMILES string of the molecule is COc1ccc2c3c1OC1C[C@@H](OC(=O)c4ccc(Cl)cc4Cl)C(C)[C@@]31CCN(C)C2. The van der Waals surface area contributed by atoms with Gasteiger partial charge in [-0.1, -0.05) is 36.2 Å². The second kappa shape index (κ2) is 7.58. The lowest BCUT2D eigenvalue weighted by Crippen LogP contribution is -2.40. The first-order valence-electron chi connectivity index (χ1n) is 10.6. The van der Waals surface area contributed by atoms with Crippen molar-refractivity contribution < 1.29 is 19.0 Å². The number of benzene rings is 2. The van der Waals surface area contributed by atoms with Gasteiger partial charge < -0.3 is 19.1 Å². The summed E-state index contributed by atoms with van der Waals surface area (Å²) in [6, 6.07) is 8.96. The summed E-state index contributed by atoms with van der Waals surface area (Å²) in [5, 5.41) is 0.782. The quantitative estimate of drug-likeness (QED) is 0.594. The molecule has 2 aromatic carbocycles. The zero-order chi connectivity index (χ0) is 21.9. The second-order valence-corrected chi connectivity index (χ2v) is 9.70. The van der Waals surface area contributed by atoms with Crippen molar-refractivity contribution in [2.45, 2.75) is 43.9 Å². The van der Waals surface area contributed by atoms with E-state index in [4.69, 9.17) is 37.4 Å². The van der Waals surface area contributed by atoms with Crippen LogP contribution in [0.25, 0.3) is 0 Å². The van der Waals surface area contributed by atoms with Crippen LogP contribution in [0.15, 0.2) is 30.3 Å². The molecule has 2 aliphatic heterocycles. The molecule has 1 aliphatic carbocycles. The van der Waals surface area contributed by atoms with Crippen molar-refractivity contribution in [2.75, 3.05) is 20.7 Å². The van der Waals surface area contributed by atoms with E-state index in [0.717, 1.165) is 31.0 Å². The van der Waals surface area contributed by atoms with Crippen molar-refractivity contribution in [2.24, 2.45) is 5.92 Å². The number of hydrogen-bond acceptors (Lipinski definition) is 5. The Morgan fingerprint density at radius 2 is 2.06 bits per heavy atom. The van der Waals surface area contributed by atoms with E-state index in [2.05, 4.69) is 24.9 Å². The van der Waals surface area contributed by atoms with E-state index in [1.54, 1.807) is 25.3 Å². The molecule has 2 heterocycles. The zero-order valence-corrected chi connectivity index (χ0v) is 19.3. The molecule has 0 radical (unpaired) electrons. The topological polar surface area (TPSA) is 48.0 Å². The monoisotopic (exact) mass is 461 g/mol. The standard InChI is InChI=1S/C24H25Cl2NO4/c1-13-19(30-23(28)16-6-5-15(25)10-17(16)26)11-20-24(13)8-9-27(2)12-14-4-7-18(29-3)22(31-20)21(14)24/h4-7,10,13,19-20H,8-9,11-12H2,1-3H3/t13?,19-,20?,24-/m1/s1. The highest BCUT2D eigenvalue weighted by molar-refractivity contribution is 6.36. The van der Waals surface area contributed by atoms with E-state index in [-0.39, 0.29) is 23.5 Å². The summed E-state index contributed by atoms with van der Waals surface area (Å²) >= 11 is 12.2. The van der Waals surface area contributed by atoms with Crippen molar-refractivity contribution in [3.63, 3.8) is 0 Å². The first-order chi connectivity index (χ1) is 14.8.